The van der Waals surface area contributed by atoms with Crippen LogP contribution >= 0.6 is 24.0 Å². The zero-order chi connectivity index (χ0) is 17.5. The van der Waals surface area contributed by atoms with Crippen LogP contribution in [-0.4, -0.2) is 56.2 Å². The molecule has 2 atom stereocenters. The molecule has 0 saturated carbocycles. The lowest BCUT2D eigenvalue weighted by atomic mass is 9.98. The Labute approximate surface area is 167 Å². The number of piperidine rings is 1. The summed E-state index contributed by atoms with van der Waals surface area (Å²) in [4.78, 5) is 14.5. The summed E-state index contributed by atoms with van der Waals surface area (Å²) in [6, 6.07) is 7.59. The topological polar surface area (TPSA) is 53.6 Å². The van der Waals surface area contributed by atoms with Gasteiger partial charge in [0.15, 0.2) is 0 Å². The standard InChI is InChI=1S/C19H28ClN3O2.ClH/c20-16-6-1-2-8-18(16)25-12-11-23-10-4-5-15(14-23)13-22-19(24)17-7-3-9-21-17;/h1-2,6,8,15,17,21H,3-5,7,9-14H2,(H,22,24);1H. The molecule has 2 unspecified atom stereocenters. The molecule has 7 heteroatoms. The van der Waals surface area contributed by atoms with Gasteiger partial charge in [-0.25, -0.2) is 0 Å². The summed E-state index contributed by atoms with van der Waals surface area (Å²) in [6.45, 7) is 5.37. The summed E-state index contributed by atoms with van der Waals surface area (Å²) >= 11 is 6.11. The largest absolute Gasteiger partial charge is 0.491 e. The number of carbonyl (C=O) groups is 1. The second-order valence-corrected chi connectivity index (χ2v) is 7.39. The first kappa shape index (κ1) is 21.3. The van der Waals surface area contributed by atoms with Crippen LogP contribution in [0.15, 0.2) is 24.3 Å². The van der Waals surface area contributed by atoms with Gasteiger partial charge in [0.2, 0.25) is 5.91 Å². The normalized spacial score (nSPS) is 23.3. The highest BCUT2D eigenvalue weighted by Crippen LogP contribution is 2.23. The lowest BCUT2D eigenvalue weighted by Gasteiger charge is -2.32. The highest BCUT2D eigenvalue weighted by Gasteiger charge is 2.24. The molecule has 146 valence electrons. The Morgan fingerprint density at radius 3 is 2.92 bits per heavy atom. The second kappa shape index (κ2) is 11.0. The zero-order valence-corrected chi connectivity index (χ0v) is 16.7. The lowest BCUT2D eigenvalue weighted by Crippen LogP contribution is -2.46. The van der Waals surface area contributed by atoms with E-state index in [4.69, 9.17) is 16.3 Å². The van der Waals surface area contributed by atoms with E-state index in [0.717, 1.165) is 51.3 Å². The fraction of sp³-hybridized carbons (Fsp3) is 0.632. The molecule has 2 N–H and O–H groups in total. The lowest BCUT2D eigenvalue weighted by molar-refractivity contribution is -0.123. The molecule has 1 aromatic rings. The quantitative estimate of drug-likeness (QED) is 0.737. The van der Waals surface area contributed by atoms with E-state index >= 15 is 0 Å². The van der Waals surface area contributed by atoms with Crippen LogP contribution in [0.2, 0.25) is 5.02 Å². The van der Waals surface area contributed by atoms with Crippen molar-refractivity contribution in [2.75, 3.05) is 39.3 Å². The van der Waals surface area contributed by atoms with Crippen LogP contribution in [0.25, 0.3) is 0 Å². The van der Waals surface area contributed by atoms with E-state index in [9.17, 15) is 4.79 Å². The molecular weight excluding hydrogens is 373 g/mol. The Kier molecular flexibility index (Phi) is 8.99. The number of benzene rings is 1. The van der Waals surface area contributed by atoms with Gasteiger partial charge in [-0.3, -0.25) is 9.69 Å². The minimum absolute atomic E-state index is 0. The van der Waals surface area contributed by atoms with Crippen molar-refractivity contribution in [3.05, 3.63) is 29.3 Å². The third-order valence-electron chi connectivity index (χ3n) is 5.05. The van der Waals surface area contributed by atoms with Gasteiger partial charge in [0.1, 0.15) is 12.4 Å². The van der Waals surface area contributed by atoms with Gasteiger partial charge in [-0.2, -0.15) is 0 Å². The Morgan fingerprint density at radius 1 is 1.31 bits per heavy atom. The maximum atomic E-state index is 12.1. The number of likely N-dealkylation sites (tertiary alicyclic amines) is 1. The number of ether oxygens (including phenoxy) is 1. The molecule has 2 fully saturated rings. The molecule has 3 rings (SSSR count). The van der Waals surface area contributed by atoms with Gasteiger partial charge in [-0.1, -0.05) is 23.7 Å². The van der Waals surface area contributed by atoms with Crippen molar-refractivity contribution in [3.63, 3.8) is 0 Å². The summed E-state index contributed by atoms with van der Waals surface area (Å²) in [5.41, 5.74) is 0. The highest BCUT2D eigenvalue weighted by atomic mass is 35.5. The first-order valence-electron chi connectivity index (χ1n) is 9.33. The van der Waals surface area contributed by atoms with E-state index in [1.54, 1.807) is 0 Å². The molecule has 2 aliphatic rings. The molecule has 0 radical (unpaired) electrons. The Bertz CT molecular complexity index is 567. The molecule has 0 aromatic heterocycles. The van der Waals surface area contributed by atoms with Crippen molar-refractivity contribution < 1.29 is 9.53 Å². The number of nitrogens with one attached hydrogen (secondary N) is 2. The molecule has 2 saturated heterocycles. The van der Waals surface area contributed by atoms with E-state index < -0.39 is 0 Å². The number of hydrogen-bond donors (Lipinski definition) is 2. The summed E-state index contributed by atoms with van der Waals surface area (Å²) in [5.74, 6) is 1.44. The van der Waals surface area contributed by atoms with Gasteiger partial charge in [-0.15, -0.1) is 12.4 Å². The first-order chi connectivity index (χ1) is 12.2. The summed E-state index contributed by atoms with van der Waals surface area (Å²) in [5, 5.41) is 7.03. The molecule has 1 amide bonds. The molecular formula is C19H29Cl2N3O2. The predicted molar refractivity (Wildman–Crippen MR) is 107 cm³/mol. The number of nitrogens with zero attached hydrogens (tertiary/aromatic N) is 1. The van der Waals surface area contributed by atoms with E-state index in [0.29, 0.717) is 17.5 Å². The van der Waals surface area contributed by atoms with Crippen molar-refractivity contribution >= 4 is 29.9 Å². The predicted octanol–water partition coefficient (Wildman–Crippen LogP) is 2.72. The number of carbonyl (C=O) groups excluding carboxylic acids is 1. The third-order valence-corrected chi connectivity index (χ3v) is 5.36. The third kappa shape index (κ3) is 6.31. The number of para-hydroxylation sites is 1. The molecule has 0 spiro atoms. The van der Waals surface area contributed by atoms with Crippen molar-refractivity contribution in [1.29, 1.82) is 0 Å². The van der Waals surface area contributed by atoms with Gasteiger partial charge in [0.05, 0.1) is 11.1 Å². The monoisotopic (exact) mass is 401 g/mol. The SMILES string of the molecule is Cl.O=C(NCC1CCCN(CCOc2ccccc2Cl)C1)C1CCCN1. The first-order valence-corrected chi connectivity index (χ1v) is 9.71. The van der Waals surface area contributed by atoms with E-state index in [1.165, 1.54) is 12.8 Å². The van der Waals surface area contributed by atoms with Crippen molar-refractivity contribution in [2.45, 2.75) is 31.7 Å². The minimum Gasteiger partial charge on any atom is -0.491 e. The van der Waals surface area contributed by atoms with Gasteiger partial charge in [-0.05, 0) is 56.8 Å². The van der Waals surface area contributed by atoms with E-state index in [-0.39, 0.29) is 24.4 Å². The Morgan fingerprint density at radius 2 is 2.15 bits per heavy atom. The molecule has 2 aliphatic heterocycles. The average molecular weight is 402 g/mol. The second-order valence-electron chi connectivity index (χ2n) is 6.98. The van der Waals surface area contributed by atoms with E-state index in [2.05, 4.69) is 15.5 Å². The Balaban J connectivity index is 0.00000243. The van der Waals surface area contributed by atoms with Crippen molar-refractivity contribution in [1.82, 2.24) is 15.5 Å². The van der Waals surface area contributed by atoms with Crippen LogP contribution in [0, 0.1) is 5.92 Å². The highest BCUT2D eigenvalue weighted by molar-refractivity contribution is 6.32. The summed E-state index contributed by atoms with van der Waals surface area (Å²) in [6.07, 6.45) is 4.41. The van der Waals surface area contributed by atoms with Crippen LogP contribution in [0.5, 0.6) is 5.75 Å². The number of hydrogen-bond acceptors (Lipinski definition) is 4. The molecule has 0 bridgehead atoms. The number of halogens is 2. The fourth-order valence-electron chi connectivity index (χ4n) is 3.64. The molecule has 26 heavy (non-hydrogen) atoms. The molecule has 1 aromatic carbocycles. The minimum atomic E-state index is 0. The van der Waals surface area contributed by atoms with Gasteiger partial charge >= 0.3 is 0 Å². The van der Waals surface area contributed by atoms with Crippen LogP contribution in [0.4, 0.5) is 0 Å². The number of amides is 1. The fourth-order valence-corrected chi connectivity index (χ4v) is 3.83. The van der Waals surface area contributed by atoms with Crippen LogP contribution in [0.3, 0.4) is 0 Å². The maximum absolute atomic E-state index is 12.1. The Hall–Kier alpha value is -1.01. The average Bonchev–Trinajstić information content (AvgIpc) is 3.16. The van der Waals surface area contributed by atoms with Gasteiger partial charge < -0.3 is 15.4 Å². The zero-order valence-electron chi connectivity index (χ0n) is 15.1. The van der Waals surface area contributed by atoms with Crippen LogP contribution < -0.4 is 15.4 Å². The smallest absolute Gasteiger partial charge is 0.237 e. The van der Waals surface area contributed by atoms with Gasteiger partial charge in [0, 0.05) is 19.6 Å². The maximum Gasteiger partial charge on any atom is 0.237 e. The number of rotatable bonds is 7. The summed E-state index contributed by atoms with van der Waals surface area (Å²) in [7, 11) is 0. The van der Waals surface area contributed by atoms with E-state index in [1.807, 2.05) is 24.3 Å². The van der Waals surface area contributed by atoms with Crippen LogP contribution in [0.1, 0.15) is 25.7 Å². The molecule has 2 heterocycles. The van der Waals surface area contributed by atoms with Crippen molar-refractivity contribution in [2.24, 2.45) is 5.92 Å². The van der Waals surface area contributed by atoms with Gasteiger partial charge in [0.25, 0.3) is 0 Å². The molecule has 5 nitrogen and oxygen atoms in total. The molecule has 0 aliphatic carbocycles. The van der Waals surface area contributed by atoms with Crippen LogP contribution in [-0.2, 0) is 4.79 Å². The van der Waals surface area contributed by atoms with Crippen molar-refractivity contribution in [3.8, 4) is 5.75 Å². The summed E-state index contributed by atoms with van der Waals surface area (Å²) < 4.78 is 5.79.